The molecule has 2 N–H and O–H groups in total. The van der Waals surface area contributed by atoms with Gasteiger partial charge in [-0.15, -0.1) is 0 Å². The molecule has 0 bridgehead atoms. The number of amides is 1. The molecule has 20 heavy (non-hydrogen) atoms. The predicted molar refractivity (Wildman–Crippen MR) is 69.5 cm³/mol. The van der Waals surface area contributed by atoms with Crippen molar-refractivity contribution < 1.29 is 14.8 Å². The minimum Gasteiger partial charge on any atom is -0.395 e. The van der Waals surface area contributed by atoms with Crippen molar-refractivity contribution in [2.24, 2.45) is 0 Å². The summed E-state index contributed by atoms with van der Waals surface area (Å²) in [4.78, 5) is 37.7. The van der Waals surface area contributed by atoms with Crippen molar-refractivity contribution in [2.45, 2.75) is 25.3 Å². The van der Waals surface area contributed by atoms with Crippen LogP contribution in [0.4, 0.5) is 5.69 Å². The summed E-state index contributed by atoms with van der Waals surface area (Å²) in [5.41, 5.74) is -1.27. The number of hydrogen-bond acceptors (Lipinski definition) is 5. The molecule has 108 valence electrons. The number of rotatable bonds is 5. The van der Waals surface area contributed by atoms with Crippen molar-refractivity contribution in [1.82, 2.24) is 9.88 Å². The van der Waals surface area contributed by atoms with Gasteiger partial charge in [0.25, 0.3) is 17.2 Å². The number of H-pyrrole nitrogens is 1. The third-order valence-electron chi connectivity index (χ3n) is 3.45. The second-order valence-corrected chi connectivity index (χ2v) is 4.66. The lowest BCUT2D eigenvalue weighted by Crippen LogP contribution is -2.47. The maximum Gasteiger partial charge on any atom is 0.286 e. The number of nitro groups is 1. The molecular weight excluding hydrogens is 266 g/mol. The Morgan fingerprint density at radius 3 is 2.75 bits per heavy atom. The smallest absolute Gasteiger partial charge is 0.286 e. The number of aromatic nitrogens is 1. The van der Waals surface area contributed by atoms with Crippen molar-refractivity contribution >= 4 is 11.6 Å². The van der Waals surface area contributed by atoms with Crippen LogP contribution >= 0.6 is 0 Å². The van der Waals surface area contributed by atoms with Crippen LogP contribution in [-0.2, 0) is 0 Å². The van der Waals surface area contributed by atoms with Crippen LogP contribution in [0, 0.1) is 10.1 Å². The Kier molecular flexibility index (Phi) is 4.14. The fraction of sp³-hybridized carbons (Fsp3) is 0.500. The molecule has 8 heteroatoms. The summed E-state index contributed by atoms with van der Waals surface area (Å²) in [7, 11) is 0. The summed E-state index contributed by atoms with van der Waals surface area (Å²) >= 11 is 0. The summed E-state index contributed by atoms with van der Waals surface area (Å²) in [5.74, 6) is -0.575. The molecular formula is C12H15N3O5. The van der Waals surface area contributed by atoms with Gasteiger partial charge in [-0.3, -0.25) is 19.7 Å². The molecule has 0 unspecified atom stereocenters. The minimum atomic E-state index is -0.674. The van der Waals surface area contributed by atoms with Crippen LogP contribution in [0.3, 0.4) is 0 Å². The molecule has 1 aromatic heterocycles. The number of pyridine rings is 1. The SMILES string of the molecule is O=C(c1cc([N+](=O)[O-])c[nH]c1=O)N(CCO)C1CCC1. The monoisotopic (exact) mass is 281 g/mol. The number of aliphatic hydroxyl groups excluding tert-OH is 1. The summed E-state index contributed by atoms with van der Waals surface area (Å²) in [6, 6.07) is 0.970. The van der Waals surface area contributed by atoms with Crippen LogP contribution in [0.1, 0.15) is 29.6 Å². The van der Waals surface area contributed by atoms with E-state index in [-0.39, 0.29) is 30.4 Å². The highest BCUT2D eigenvalue weighted by Gasteiger charge is 2.30. The second-order valence-electron chi connectivity index (χ2n) is 4.66. The molecule has 1 aliphatic carbocycles. The number of nitrogens with one attached hydrogen (secondary N) is 1. The zero-order valence-corrected chi connectivity index (χ0v) is 10.7. The molecule has 1 aromatic rings. The molecule has 0 aliphatic heterocycles. The van der Waals surface area contributed by atoms with Gasteiger partial charge >= 0.3 is 0 Å². The lowest BCUT2D eigenvalue weighted by Gasteiger charge is -2.37. The molecule has 0 radical (unpaired) electrons. The summed E-state index contributed by atoms with van der Waals surface area (Å²) in [6.07, 6.45) is 3.58. The van der Waals surface area contributed by atoms with Gasteiger partial charge in [-0.25, -0.2) is 0 Å². The molecule has 8 nitrogen and oxygen atoms in total. The third kappa shape index (κ3) is 2.69. The van der Waals surface area contributed by atoms with E-state index in [1.165, 1.54) is 4.90 Å². The minimum absolute atomic E-state index is 0.00619. The highest BCUT2D eigenvalue weighted by atomic mass is 16.6. The number of nitrogens with zero attached hydrogens (tertiary/aromatic N) is 2. The van der Waals surface area contributed by atoms with Gasteiger partial charge in [0, 0.05) is 18.7 Å². The van der Waals surface area contributed by atoms with Gasteiger partial charge < -0.3 is 15.0 Å². The van der Waals surface area contributed by atoms with Crippen molar-refractivity contribution in [3.63, 3.8) is 0 Å². The molecule has 1 aliphatic rings. The van der Waals surface area contributed by atoms with Crippen molar-refractivity contribution in [1.29, 1.82) is 0 Å². The van der Waals surface area contributed by atoms with E-state index in [0.29, 0.717) is 0 Å². The molecule has 1 heterocycles. The number of carbonyl (C=O) groups is 1. The van der Waals surface area contributed by atoms with E-state index >= 15 is 0 Å². The van der Waals surface area contributed by atoms with Gasteiger partial charge in [0.2, 0.25) is 0 Å². The largest absolute Gasteiger partial charge is 0.395 e. The van der Waals surface area contributed by atoms with Crippen molar-refractivity contribution in [3.8, 4) is 0 Å². The van der Waals surface area contributed by atoms with E-state index in [1.54, 1.807) is 0 Å². The molecule has 1 saturated carbocycles. The van der Waals surface area contributed by atoms with Gasteiger partial charge in [0.15, 0.2) is 0 Å². The van der Waals surface area contributed by atoms with Gasteiger partial charge in [-0.2, -0.15) is 0 Å². The lowest BCUT2D eigenvalue weighted by molar-refractivity contribution is -0.385. The molecule has 0 saturated heterocycles. The molecule has 0 aromatic carbocycles. The topological polar surface area (TPSA) is 117 Å². The molecule has 0 spiro atoms. The molecule has 2 rings (SSSR count). The van der Waals surface area contributed by atoms with Gasteiger partial charge in [-0.05, 0) is 19.3 Å². The van der Waals surface area contributed by atoms with Crippen LogP contribution in [-0.4, -0.2) is 45.0 Å². The zero-order valence-electron chi connectivity index (χ0n) is 10.7. The number of aromatic amines is 1. The van der Waals surface area contributed by atoms with Crippen LogP contribution in [0.25, 0.3) is 0 Å². The lowest BCUT2D eigenvalue weighted by atomic mass is 9.91. The fourth-order valence-corrected chi connectivity index (χ4v) is 2.15. The Morgan fingerprint density at radius 2 is 2.25 bits per heavy atom. The second kappa shape index (κ2) is 5.83. The summed E-state index contributed by atoms with van der Waals surface area (Å²) in [6.45, 7) is -0.0965. The number of hydrogen-bond donors (Lipinski definition) is 2. The fourth-order valence-electron chi connectivity index (χ4n) is 2.15. The molecule has 1 amide bonds. The highest BCUT2D eigenvalue weighted by molar-refractivity contribution is 5.94. The van der Waals surface area contributed by atoms with Gasteiger partial charge in [-0.1, -0.05) is 0 Å². The Morgan fingerprint density at radius 1 is 1.55 bits per heavy atom. The quantitative estimate of drug-likeness (QED) is 0.593. The Balaban J connectivity index is 2.32. The predicted octanol–water partition coefficient (Wildman–Crippen LogP) is 0.270. The normalized spacial score (nSPS) is 14.7. The van der Waals surface area contributed by atoms with Crippen LogP contribution < -0.4 is 5.56 Å². The van der Waals surface area contributed by atoms with E-state index in [4.69, 9.17) is 5.11 Å². The van der Waals surface area contributed by atoms with Crippen LogP contribution in [0.15, 0.2) is 17.1 Å². The maximum absolute atomic E-state index is 12.3. The van der Waals surface area contributed by atoms with Crippen molar-refractivity contribution in [2.75, 3.05) is 13.2 Å². The van der Waals surface area contributed by atoms with Gasteiger partial charge in [0.1, 0.15) is 5.56 Å². The van der Waals surface area contributed by atoms with E-state index < -0.39 is 16.4 Å². The average Bonchev–Trinajstić information content (AvgIpc) is 2.35. The van der Waals surface area contributed by atoms with Gasteiger partial charge in [0.05, 0.1) is 17.7 Å². The first-order chi connectivity index (χ1) is 9.54. The Hall–Kier alpha value is -2.22. The first kappa shape index (κ1) is 14.2. The third-order valence-corrected chi connectivity index (χ3v) is 3.45. The molecule has 0 atom stereocenters. The Bertz CT molecular complexity index is 579. The van der Waals surface area contributed by atoms with Crippen LogP contribution in [0.5, 0.6) is 0 Å². The van der Waals surface area contributed by atoms with E-state index in [0.717, 1.165) is 31.5 Å². The maximum atomic E-state index is 12.3. The number of aliphatic hydroxyl groups is 1. The summed E-state index contributed by atoms with van der Waals surface area (Å²) in [5, 5.41) is 19.7. The first-order valence-corrected chi connectivity index (χ1v) is 6.33. The highest BCUT2D eigenvalue weighted by Crippen LogP contribution is 2.25. The zero-order chi connectivity index (χ0) is 14.7. The number of carbonyl (C=O) groups excluding carboxylic acids is 1. The first-order valence-electron chi connectivity index (χ1n) is 6.33. The summed E-state index contributed by atoms with van der Waals surface area (Å²) < 4.78 is 0. The Labute approximate surface area is 114 Å². The standard InChI is InChI=1S/C12H15N3O5/c16-5-4-14(8-2-1-3-8)12(18)10-6-9(15(19)20)7-13-11(10)17/h6-8,16H,1-5H2,(H,13,17). The van der Waals surface area contributed by atoms with Crippen molar-refractivity contribution in [3.05, 3.63) is 38.3 Å². The van der Waals surface area contributed by atoms with E-state index in [9.17, 15) is 19.7 Å². The molecule has 1 fully saturated rings. The average molecular weight is 281 g/mol. The van der Waals surface area contributed by atoms with E-state index in [1.807, 2.05) is 0 Å². The van der Waals surface area contributed by atoms with Crippen LogP contribution in [0.2, 0.25) is 0 Å². The van der Waals surface area contributed by atoms with E-state index in [2.05, 4.69) is 4.98 Å².